The van der Waals surface area contributed by atoms with Crippen molar-refractivity contribution in [3.63, 3.8) is 0 Å². The molecule has 0 radical (unpaired) electrons. The highest BCUT2D eigenvalue weighted by atomic mass is 15.2. The van der Waals surface area contributed by atoms with Gasteiger partial charge >= 0.3 is 0 Å². The molecular weight excluding hydrogens is 258 g/mol. The Balaban J connectivity index is 2.05. The fourth-order valence-corrected chi connectivity index (χ4v) is 3.60. The van der Waals surface area contributed by atoms with E-state index in [0.29, 0.717) is 12.6 Å². The summed E-state index contributed by atoms with van der Waals surface area (Å²) in [5.74, 6) is 1.14. The molecule has 1 aliphatic carbocycles. The Hall–Kier alpha value is -1.61. The topological polar surface area (TPSA) is 42.2 Å². The summed E-state index contributed by atoms with van der Waals surface area (Å²) in [6.07, 6.45) is 8.63. The number of anilines is 1. The van der Waals surface area contributed by atoms with Crippen molar-refractivity contribution in [1.29, 1.82) is 0 Å². The minimum atomic E-state index is 0.545. The molecule has 0 aliphatic heterocycles. The predicted molar refractivity (Wildman–Crippen MR) is 89.5 cm³/mol. The van der Waals surface area contributed by atoms with E-state index >= 15 is 0 Å². The van der Waals surface area contributed by atoms with Crippen molar-refractivity contribution < 1.29 is 0 Å². The van der Waals surface area contributed by atoms with E-state index in [1.54, 1.807) is 0 Å². The molecule has 1 fully saturated rings. The van der Waals surface area contributed by atoms with Crippen LogP contribution >= 0.6 is 0 Å². The van der Waals surface area contributed by atoms with Gasteiger partial charge in [0, 0.05) is 30.7 Å². The molecule has 0 amide bonds. The fourth-order valence-electron chi connectivity index (χ4n) is 3.60. The fraction of sp³-hybridized carbons (Fsp3) is 0.500. The van der Waals surface area contributed by atoms with Crippen molar-refractivity contribution in [2.75, 3.05) is 11.4 Å². The van der Waals surface area contributed by atoms with Crippen LogP contribution in [0.5, 0.6) is 0 Å². The van der Waals surface area contributed by atoms with Crippen molar-refractivity contribution in [3.05, 3.63) is 36.0 Å². The molecule has 112 valence electrons. The van der Waals surface area contributed by atoms with E-state index < -0.39 is 0 Å². The summed E-state index contributed by atoms with van der Waals surface area (Å²) in [6, 6.07) is 9.17. The van der Waals surface area contributed by atoms with Crippen molar-refractivity contribution in [2.24, 2.45) is 5.73 Å². The van der Waals surface area contributed by atoms with Crippen LogP contribution in [0.3, 0.4) is 0 Å². The van der Waals surface area contributed by atoms with Crippen LogP contribution in [0.4, 0.5) is 5.82 Å². The minimum Gasteiger partial charge on any atom is -0.353 e. The zero-order valence-electron chi connectivity index (χ0n) is 12.9. The zero-order valence-corrected chi connectivity index (χ0v) is 12.9. The molecule has 0 spiro atoms. The van der Waals surface area contributed by atoms with Gasteiger partial charge in [-0.3, -0.25) is 0 Å². The second-order valence-electron chi connectivity index (χ2n) is 5.93. The SMILES string of the molecule is CCN(c1ncc(CN)c2ccccc12)C1CCCCC1. The van der Waals surface area contributed by atoms with E-state index in [-0.39, 0.29) is 0 Å². The molecule has 1 saturated carbocycles. The lowest BCUT2D eigenvalue weighted by molar-refractivity contribution is 0.417. The summed E-state index contributed by atoms with van der Waals surface area (Å²) in [6.45, 7) is 3.80. The third kappa shape index (κ3) is 2.75. The first-order chi connectivity index (χ1) is 10.3. The summed E-state index contributed by atoms with van der Waals surface area (Å²) in [4.78, 5) is 7.27. The van der Waals surface area contributed by atoms with E-state index in [4.69, 9.17) is 10.7 Å². The third-order valence-electron chi connectivity index (χ3n) is 4.70. The number of aromatic nitrogens is 1. The highest BCUT2D eigenvalue weighted by Crippen LogP contribution is 2.32. The van der Waals surface area contributed by atoms with Gasteiger partial charge in [0.1, 0.15) is 5.82 Å². The average Bonchev–Trinajstić information content (AvgIpc) is 2.56. The third-order valence-corrected chi connectivity index (χ3v) is 4.70. The van der Waals surface area contributed by atoms with Gasteiger partial charge in [-0.25, -0.2) is 4.98 Å². The van der Waals surface area contributed by atoms with Gasteiger partial charge in [-0.05, 0) is 30.7 Å². The van der Waals surface area contributed by atoms with Crippen LogP contribution in [-0.4, -0.2) is 17.6 Å². The Morgan fingerprint density at radius 1 is 1.14 bits per heavy atom. The molecule has 1 aromatic carbocycles. The lowest BCUT2D eigenvalue weighted by Crippen LogP contribution is -2.37. The first-order valence-electron chi connectivity index (χ1n) is 8.18. The molecular formula is C18H25N3. The van der Waals surface area contributed by atoms with Crippen LogP contribution in [-0.2, 0) is 6.54 Å². The number of fused-ring (bicyclic) bond motifs is 1. The molecule has 1 aromatic heterocycles. The van der Waals surface area contributed by atoms with Gasteiger partial charge in [-0.2, -0.15) is 0 Å². The van der Waals surface area contributed by atoms with E-state index in [9.17, 15) is 0 Å². The maximum atomic E-state index is 5.86. The number of hydrogen-bond acceptors (Lipinski definition) is 3. The van der Waals surface area contributed by atoms with Gasteiger partial charge < -0.3 is 10.6 Å². The second-order valence-corrected chi connectivity index (χ2v) is 5.93. The molecule has 0 atom stereocenters. The smallest absolute Gasteiger partial charge is 0.136 e. The van der Waals surface area contributed by atoms with Crippen molar-refractivity contribution in [2.45, 2.75) is 51.6 Å². The second kappa shape index (κ2) is 6.44. The number of nitrogens with zero attached hydrogens (tertiary/aromatic N) is 2. The number of pyridine rings is 1. The molecule has 1 aliphatic rings. The summed E-state index contributed by atoms with van der Waals surface area (Å²) in [7, 11) is 0. The van der Waals surface area contributed by atoms with Crippen LogP contribution in [0, 0.1) is 0 Å². The van der Waals surface area contributed by atoms with Crippen LogP contribution in [0.2, 0.25) is 0 Å². The van der Waals surface area contributed by atoms with Crippen LogP contribution < -0.4 is 10.6 Å². The lowest BCUT2D eigenvalue weighted by atomic mass is 9.93. The van der Waals surface area contributed by atoms with E-state index in [2.05, 4.69) is 36.1 Å². The number of hydrogen-bond donors (Lipinski definition) is 1. The zero-order chi connectivity index (χ0) is 14.7. The summed E-state index contributed by atoms with van der Waals surface area (Å²) in [5.41, 5.74) is 7.00. The summed E-state index contributed by atoms with van der Waals surface area (Å²) >= 11 is 0. The van der Waals surface area contributed by atoms with Crippen molar-refractivity contribution >= 4 is 16.6 Å². The maximum Gasteiger partial charge on any atom is 0.136 e. The van der Waals surface area contributed by atoms with Gasteiger partial charge in [0.15, 0.2) is 0 Å². The van der Waals surface area contributed by atoms with Gasteiger partial charge in [-0.1, -0.05) is 43.5 Å². The molecule has 2 aromatic rings. The van der Waals surface area contributed by atoms with Crippen LogP contribution in [0.1, 0.15) is 44.6 Å². The monoisotopic (exact) mass is 283 g/mol. The van der Waals surface area contributed by atoms with Gasteiger partial charge in [0.25, 0.3) is 0 Å². The maximum absolute atomic E-state index is 5.86. The number of rotatable bonds is 4. The minimum absolute atomic E-state index is 0.545. The Labute approximate surface area is 127 Å². The van der Waals surface area contributed by atoms with Crippen LogP contribution in [0.15, 0.2) is 30.5 Å². The van der Waals surface area contributed by atoms with Crippen LogP contribution in [0.25, 0.3) is 10.8 Å². The molecule has 1 heterocycles. The van der Waals surface area contributed by atoms with Gasteiger partial charge in [0.05, 0.1) is 0 Å². The Morgan fingerprint density at radius 2 is 1.86 bits per heavy atom. The first kappa shape index (κ1) is 14.3. The lowest BCUT2D eigenvalue weighted by Gasteiger charge is -2.35. The van der Waals surface area contributed by atoms with E-state index in [1.165, 1.54) is 42.9 Å². The molecule has 3 nitrogen and oxygen atoms in total. The van der Waals surface area contributed by atoms with Crippen molar-refractivity contribution in [3.8, 4) is 0 Å². The normalized spacial score (nSPS) is 16.3. The number of nitrogens with two attached hydrogens (primary N) is 1. The largest absolute Gasteiger partial charge is 0.353 e. The molecule has 3 heteroatoms. The Morgan fingerprint density at radius 3 is 2.52 bits per heavy atom. The molecule has 0 unspecified atom stereocenters. The standard InChI is InChI=1S/C18H25N3/c1-2-21(15-8-4-3-5-9-15)18-17-11-7-6-10-16(17)14(12-19)13-20-18/h6-7,10-11,13,15H,2-5,8-9,12,19H2,1H3. The summed E-state index contributed by atoms with van der Waals surface area (Å²) in [5, 5.41) is 2.49. The van der Waals surface area contributed by atoms with E-state index in [0.717, 1.165) is 17.9 Å². The Kier molecular flexibility index (Phi) is 4.39. The predicted octanol–water partition coefficient (Wildman–Crippen LogP) is 3.85. The van der Waals surface area contributed by atoms with Crippen molar-refractivity contribution in [1.82, 2.24) is 4.98 Å². The molecule has 2 N–H and O–H groups in total. The first-order valence-corrected chi connectivity index (χ1v) is 8.18. The molecule has 0 saturated heterocycles. The number of benzene rings is 1. The molecule has 0 bridgehead atoms. The summed E-state index contributed by atoms with van der Waals surface area (Å²) < 4.78 is 0. The Bertz CT molecular complexity index is 602. The highest BCUT2D eigenvalue weighted by Gasteiger charge is 2.22. The van der Waals surface area contributed by atoms with Gasteiger partial charge in [-0.15, -0.1) is 0 Å². The van der Waals surface area contributed by atoms with E-state index in [1.807, 2.05) is 6.20 Å². The van der Waals surface area contributed by atoms with Gasteiger partial charge in [0.2, 0.25) is 0 Å². The molecule has 21 heavy (non-hydrogen) atoms. The highest BCUT2D eigenvalue weighted by molar-refractivity contribution is 5.94. The molecule has 3 rings (SSSR count). The quantitative estimate of drug-likeness (QED) is 0.926. The average molecular weight is 283 g/mol.